The Bertz CT molecular complexity index is 976. The van der Waals surface area contributed by atoms with E-state index in [1.54, 1.807) is 4.57 Å². The second-order valence-electron chi connectivity index (χ2n) is 5.60. The normalized spacial score (nSPS) is 10.8. The highest BCUT2D eigenvalue weighted by atomic mass is 16.4. The number of carboxylic acids is 1. The molecule has 0 aliphatic heterocycles. The highest BCUT2D eigenvalue weighted by Gasteiger charge is 2.17. The number of hydrogen-bond acceptors (Lipinski definition) is 4. The summed E-state index contributed by atoms with van der Waals surface area (Å²) in [6.45, 7) is 5.34. The van der Waals surface area contributed by atoms with E-state index in [1.165, 1.54) is 18.2 Å². The van der Waals surface area contributed by atoms with E-state index < -0.39 is 5.97 Å². The zero-order chi connectivity index (χ0) is 18.0. The van der Waals surface area contributed by atoms with Crippen LogP contribution in [0.2, 0.25) is 0 Å². The maximum Gasteiger partial charge on any atom is 0.335 e. The number of benzene rings is 2. The van der Waals surface area contributed by atoms with E-state index in [0.29, 0.717) is 29.9 Å². The molecule has 3 aromatic rings. The molecule has 1 heterocycles. The van der Waals surface area contributed by atoms with Crippen LogP contribution >= 0.6 is 0 Å². The molecular weight excluding hydrogens is 318 g/mol. The smallest absolute Gasteiger partial charge is 0.335 e. The molecule has 0 saturated heterocycles. The van der Waals surface area contributed by atoms with Crippen LogP contribution in [0, 0.1) is 0 Å². The Labute approximate surface area is 145 Å². The van der Waals surface area contributed by atoms with Crippen LogP contribution < -0.4 is 10.5 Å². The minimum atomic E-state index is -1.04. The zero-order valence-corrected chi connectivity index (χ0v) is 14.1. The number of hydrogen-bond donors (Lipinski definition) is 1. The number of nitrogens with zero attached hydrogens (tertiary/aromatic N) is 3. The Morgan fingerprint density at radius 2 is 1.80 bits per heavy atom. The molecule has 0 bridgehead atoms. The summed E-state index contributed by atoms with van der Waals surface area (Å²) in [5, 5.41) is 9.59. The number of anilines is 1. The number of rotatable bonds is 5. The maximum atomic E-state index is 13.1. The van der Waals surface area contributed by atoms with Crippen molar-refractivity contribution in [2.75, 3.05) is 18.0 Å². The summed E-state index contributed by atoms with van der Waals surface area (Å²) in [6, 6.07) is 13.7. The molecular formula is C19H19N3O3. The molecule has 6 nitrogen and oxygen atoms in total. The molecule has 6 heteroatoms. The van der Waals surface area contributed by atoms with Gasteiger partial charge in [0.15, 0.2) is 0 Å². The van der Waals surface area contributed by atoms with Crippen molar-refractivity contribution in [3.63, 3.8) is 0 Å². The van der Waals surface area contributed by atoms with Gasteiger partial charge >= 0.3 is 5.97 Å². The Balaban J connectivity index is 2.38. The van der Waals surface area contributed by atoms with Gasteiger partial charge in [0.1, 0.15) is 0 Å². The Kier molecular flexibility index (Phi) is 4.52. The fourth-order valence-electron chi connectivity index (χ4n) is 2.84. The molecule has 0 fully saturated rings. The van der Waals surface area contributed by atoms with Crippen molar-refractivity contribution in [2.45, 2.75) is 13.8 Å². The van der Waals surface area contributed by atoms with Crippen LogP contribution in [0.1, 0.15) is 24.2 Å². The van der Waals surface area contributed by atoms with Gasteiger partial charge in [-0.3, -0.25) is 4.79 Å². The first-order chi connectivity index (χ1) is 12.1. The van der Waals surface area contributed by atoms with Gasteiger partial charge < -0.3 is 10.0 Å². The van der Waals surface area contributed by atoms with E-state index in [9.17, 15) is 14.7 Å². The third kappa shape index (κ3) is 2.98. The summed E-state index contributed by atoms with van der Waals surface area (Å²) < 4.78 is 1.58. The van der Waals surface area contributed by atoms with Gasteiger partial charge in [0, 0.05) is 13.1 Å². The first-order valence-corrected chi connectivity index (χ1v) is 8.17. The summed E-state index contributed by atoms with van der Waals surface area (Å²) in [5.41, 5.74) is 1.02. The van der Waals surface area contributed by atoms with Gasteiger partial charge in [-0.05, 0) is 44.2 Å². The number of aromatic nitrogens is 2. The number of aromatic carboxylic acids is 1. The lowest BCUT2D eigenvalue weighted by molar-refractivity contribution is 0.0697. The lowest BCUT2D eigenvalue weighted by Gasteiger charge is -2.24. The zero-order valence-electron chi connectivity index (χ0n) is 14.1. The maximum absolute atomic E-state index is 13.1. The van der Waals surface area contributed by atoms with Crippen molar-refractivity contribution in [1.82, 2.24) is 9.55 Å². The molecule has 1 N–H and O–H groups in total. The van der Waals surface area contributed by atoms with Gasteiger partial charge in [-0.2, -0.15) is 0 Å². The van der Waals surface area contributed by atoms with Gasteiger partial charge in [-0.25, -0.2) is 14.3 Å². The highest BCUT2D eigenvalue weighted by Crippen LogP contribution is 2.20. The van der Waals surface area contributed by atoms with Gasteiger partial charge in [0.05, 0.1) is 22.2 Å². The first kappa shape index (κ1) is 16.7. The van der Waals surface area contributed by atoms with E-state index in [2.05, 4.69) is 4.98 Å². The van der Waals surface area contributed by atoms with Crippen LogP contribution in [-0.4, -0.2) is 33.7 Å². The molecule has 0 aliphatic rings. The van der Waals surface area contributed by atoms with Crippen LogP contribution in [0.25, 0.3) is 16.6 Å². The predicted octanol–water partition coefficient (Wildman–Crippen LogP) is 2.93. The van der Waals surface area contributed by atoms with Crippen molar-refractivity contribution in [3.05, 3.63) is 64.4 Å². The average molecular weight is 337 g/mol. The van der Waals surface area contributed by atoms with E-state index in [1.807, 2.05) is 49.1 Å². The molecule has 25 heavy (non-hydrogen) atoms. The van der Waals surface area contributed by atoms with Crippen molar-refractivity contribution >= 4 is 22.8 Å². The summed E-state index contributed by atoms with van der Waals surface area (Å²) in [5.74, 6) is -0.531. The molecule has 0 radical (unpaired) electrons. The van der Waals surface area contributed by atoms with Gasteiger partial charge in [0.25, 0.3) is 5.56 Å². The van der Waals surface area contributed by atoms with Crippen molar-refractivity contribution < 1.29 is 9.90 Å². The standard InChI is InChI=1S/C19H19N3O3/c1-3-21(4-2)19-20-16-12-13(18(24)25)10-11-15(16)17(23)22(19)14-8-6-5-7-9-14/h5-12H,3-4H2,1-2H3,(H,24,25). The van der Waals surface area contributed by atoms with Crippen molar-refractivity contribution in [3.8, 4) is 5.69 Å². The van der Waals surface area contributed by atoms with Gasteiger partial charge in [-0.1, -0.05) is 18.2 Å². The first-order valence-electron chi connectivity index (χ1n) is 8.17. The minimum absolute atomic E-state index is 0.113. The van der Waals surface area contributed by atoms with Crippen LogP contribution in [0.5, 0.6) is 0 Å². The summed E-state index contributed by atoms with van der Waals surface area (Å²) in [6.07, 6.45) is 0. The van der Waals surface area contributed by atoms with Crippen LogP contribution in [0.4, 0.5) is 5.95 Å². The van der Waals surface area contributed by atoms with Gasteiger partial charge in [-0.15, -0.1) is 0 Å². The minimum Gasteiger partial charge on any atom is -0.478 e. The molecule has 0 atom stereocenters. The lowest BCUT2D eigenvalue weighted by atomic mass is 10.1. The molecule has 0 aliphatic carbocycles. The van der Waals surface area contributed by atoms with Crippen LogP contribution in [0.15, 0.2) is 53.3 Å². The molecule has 1 aromatic heterocycles. The lowest BCUT2D eigenvalue weighted by Crippen LogP contribution is -2.32. The van der Waals surface area contributed by atoms with Crippen LogP contribution in [0.3, 0.4) is 0 Å². The summed E-state index contributed by atoms with van der Waals surface area (Å²) in [7, 11) is 0. The fraction of sp³-hybridized carbons (Fsp3) is 0.211. The topological polar surface area (TPSA) is 75.4 Å². The summed E-state index contributed by atoms with van der Waals surface area (Å²) in [4.78, 5) is 30.9. The molecule has 128 valence electrons. The van der Waals surface area contributed by atoms with Crippen molar-refractivity contribution in [1.29, 1.82) is 0 Å². The largest absolute Gasteiger partial charge is 0.478 e. The molecule has 0 amide bonds. The third-order valence-electron chi connectivity index (χ3n) is 4.16. The molecule has 3 rings (SSSR count). The number of carbonyl (C=O) groups is 1. The number of carboxylic acid groups (broad SMARTS) is 1. The molecule has 0 spiro atoms. The summed E-state index contributed by atoms with van der Waals surface area (Å²) >= 11 is 0. The monoisotopic (exact) mass is 337 g/mol. The fourth-order valence-corrected chi connectivity index (χ4v) is 2.84. The number of fused-ring (bicyclic) bond motifs is 1. The molecule has 2 aromatic carbocycles. The van der Waals surface area contributed by atoms with E-state index in [0.717, 1.165) is 5.69 Å². The Morgan fingerprint density at radius 1 is 1.12 bits per heavy atom. The van der Waals surface area contributed by atoms with E-state index >= 15 is 0 Å². The molecule has 0 saturated carbocycles. The molecule has 0 unspecified atom stereocenters. The quantitative estimate of drug-likeness (QED) is 0.775. The van der Waals surface area contributed by atoms with Crippen molar-refractivity contribution in [2.24, 2.45) is 0 Å². The predicted molar refractivity (Wildman–Crippen MR) is 97.9 cm³/mol. The van der Waals surface area contributed by atoms with Gasteiger partial charge in [0.2, 0.25) is 5.95 Å². The third-order valence-corrected chi connectivity index (χ3v) is 4.16. The number of para-hydroxylation sites is 1. The van der Waals surface area contributed by atoms with E-state index in [-0.39, 0.29) is 11.1 Å². The second kappa shape index (κ2) is 6.76. The average Bonchev–Trinajstić information content (AvgIpc) is 2.63. The Hall–Kier alpha value is -3.15. The SMILES string of the molecule is CCN(CC)c1nc2cc(C(=O)O)ccc2c(=O)n1-c1ccccc1. The van der Waals surface area contributed by atoms with Crippen LogP contribution in [-0.2, 0) is 0 Å². The van der Waals surface area contributed by atoms with E-state index in [4.69, 9.17) is 0 Å². The second-order valence-corrected chi connectivity index (χ2v) is 5.60. The Morgan fingerprint density at radius 3 is 2.40 bits per heavy atom. The highest BCUT2D eigenvalue weighted by molar-refractivity contribution is 5.93.